The second-order valence-electron chi connectivity index (χ2n) is 11.6. The zero-order valence-corrected chi connectivity index (χ0v) is 26.1. The fourth-order valence-electron chi connectivity index (χ4n) is 4.40. The van der Waals surface area contributed by atoms with E-state index < -0.39 is 70.6 Å². The lowest BCUT2D eigenvalue weighted by atomic mass is 9.99. The molecular formula is C29H43N7O8. The summed E-state index contributed by atoms with van der Waals surface area (Å²) in [6.45, 7) is 12.0. The van der Waals surface area contributed by atoms with Gasteiger partial charge in [-0.2, -0.15) is 0 Å². The van der Waals surface area contributed by atoms with E-state index in [1.54, 1.807) is 20.8 Å². The molecule has 1 saturated heterocycles. The van der Waals surface area contributed by atoms with Gasteiger partial charge < -0.3 is 26.6 Å². The van der Waals surface area contributed by atoms with Crippen LogP contribution in [0.4, 0.5) is 11.4 Å². The molecule has 242 valence electrons. The van der Waals surface area contributed by atoms with Gasteiger partial charge in [0.05, 0.1) is 11.0 Å². The summed E-state index contributed by atoms with van der Waals surface area (Å²) in [5.41, 5.74) is 0.221. The van der Waals surface area contributed by atoms with Gasteiger partial charge in [0.25, 0.3) is 5.69 Å². The van der Waals surface area contributed by atoms with Gasteiger partial charge in [-0.25, -0.2) is 0 Å². The number of carbonyl (C=O) groups excluding carboxylic acids is 6. The van der Waals surface area contributed by atoms with Gasteiger partial charge in [-0.15, -0.1) is 0 Å². The number of nitro groups is 1. The minimum absolute atomic E-state index is 0.0539. The molecule has 0 spiro atoms. The van der Waals surface area contributed by atoms with Gasteiger partial charge in [0.15, 0.2) is 0 Å². The minimum Gasteiger partial charge on any atom is -0.350 e. The van der Waals surface area contributed by atoms with E-state index in [0.717, 1.165) is 4.90 Å². The largest absolute Gasteiger partial charge is 0.350 e. The van der Waals surface area contributed by atoms with E-state index in [4.69, 9.17) is 0 Å². The van der Waals surface area contributed by atoms with Crippen molar-refractivity contribution in [1.29, 1.82) is 0 Å². The van der Waals surface area contributed by atoms with E-state index in [1.807, 2.05) is 13.8 Å². The summed E-state index contributed by atoms with van der Waals surface area (Å²) in [7, 11) is 0. The van der Waals surface area contributed by atoms with Crippen LogP contribution in [0, 0.1) is 22.0 Å². The maximum atomic E-state index is 13.3. The number of hydrogen-bond donors (Lipinski definition) is 5. The van der Waals surface area contributed by atoms with Crippen LogP contribution >= 0.6 is 0 Å². The van der Waals surface area contributed by atoms with Gasteiger partial charge in [-0.3, -0.25) is 43.8 Å². The predicted octanol–water partition coefficient (Wildman–Crippen LogP) is 0.835. The molecule has 1 fully saturated rings. The number of nitrogens with one attached hydrogen (secondary N) is 5. The Labute approximate surface area is 256 Å². The molecule has 44 heavy (non-hydrogen) atoms. The lowest BCUT2D eigenvalue weighted by molar-refractivity contribution is -0.384. The number of hydrogen-bond acceptors (Lipinski definition) is 9. The Bertz CT molecular complexity index is 1230. The molecule has 0 radical (unpaired) electrons. The zero-order valence-electron chi connectivity index (χ0n) is 26.1. The average molecular weight is 618 g/mol. The summed E-state index contributed by atoms with van der Waals surface area (Å²) < 4.78 is 0. The molecule has 1 aliphatic rings. The van der Waals surface area contributed by atoms with Crippen LogP contribution in [0.3, 0.4) is 0 Å². The molecule has 0 bridgehead atoms. The maximum absolute atomic E-state index is 13.3. The summed E-state index contributed by atoms with van der Waals surface area (Å²) in [5, 5.41) is 24.6. The van der Waals surface area contributed by atoms with Crippen molar-refractivity contribution >= 4 is 46.8 Å². The summed E-state index contributed by atoms with van der Waals surface area (Å²) in [6, 6.07) is 1.23. The Morgan fingerprint density at radius 2 is 1.34 bits per heavy atom. The summed E-state index contributed by atoms with van der Waals surface area (Å²) in [4.78, 5) is 86.7. The summed E-state index contributed by atoms with van der Waals surface area (Å²) >= 11 is 0. The van der Waals surface area contributed by atoms with Gasteiger partial charge in [-0.05, 0) is 44.7 Å². The molecule has 0 unspecified atom stereocenters. The summed E-state index contributed by atoms with van der Waals surface area (Å²) in [5.74, 6) is -3.25. The molecule has 1 aliphatic heterocycles. The number of anilines is 1. The standard InChI is InChI=1S/C29H43N7O8/c1-15(2)22(33-29(42)25(16(3)4)34-28(41)19(7)35-23(37)12-13-24(35)38)14-30-17(5)26(39)31-18(6)27(40)32-20-8-10-21(11-9-20)36(43)44/h8-11,15-19,22,25,30H,12-14H2,1-7H3,(H,31,39)(H,32,40)(H,33,42)(H,34,41)/t17-,18-,19-,22+,25-/m0/s1. The predicted molar refractivity (Wildman–Crippen MR) is 161 cm³/mol. The first kappa shape index (κ1) is 35.8. The van der Waals surface area contributed by atoms with Crippen molar-refractivity contribution in [2.45, 2.75) is 91.5 Å². The molecule has 5 N–H and O–H groups in total. The molecule has 1 aromatic rings. The smallest absolute Gasteiger partial charge is 0.269 e. The number of imide groups is 1. The normalized spacial score (nSPS) is 16.6. The first-order valence-electron chi connectivity index (χ1n) is 14.6. The van der Waals surface area contributed by atoms with Crippen LogP contribution in [-0.2, 0) is 28.8 Å². The number of carbonyl (C=O) groups is 6. The van der Waals surface area contributed by atoms with Crippen LogP contribution in [-0.4, -0.2) is 82.0 Å². The van der Waals surface area contributed by atoms with E-state index in [9.17, 15) is 38.9 Å². The SMILES string of the molecule is CC(C)[C@H](NC(=O)[C@H](C)N1C(=O)CCC1=O)C(=O)N[C@H](CN[C@@H](C)C(=O)N[C@@H](C)C(=O)Nc1ccc([N+](=O)[O-])cc1)C(C)C. The number of non-ortho nitro benzene ring substituents is 1. The molecule has 0 aromatic heterocycles. The molecule has 1 aromatic carbocycles. The van der Waals surface area contributed by atoms with Gasteiger partial charge >= 0.3 is 0 Å². The third kappa shape index (κ3) is 9.82. The van der Waals surface area contributed by atoms with E-state index in [1.165, 1.54) is 38.1 Å². The second kappa shape index (κ2) is 15.9. The Morgan fingerprint density at radius 1 is 0.773 bits per heavy atom. The van der Waals surface area contributed by atoms with E-state index in [0.29, 0.717) is 5.69 Å². The van der Waals surface area contributed by atoms with Crippen LogP contribution < -0.4 is 26.6 Å². The highest BCUT2D eigenvalue weighted by molar-refractivity contribution is 6.06. The number of nitrogens with zero attached hydrogens (tertiary/aromatic N) is 2. The third-order valence-electron chi connectivity index (χ3n) is 7.37. The fraction of sp³-hybridized carbons (Fsp3) is 0.586. The minimum atomic E-state index is -1.05. The zero-order chi connectivity index (χ0) is 33.3. The van der Waals surface area contributed by atoms with Crippen LogP contribution in [0.5, 0.6) is 0 Å². The van der Waals surface area contributed by atoms with Gasteiger partial charge in [-0.1, -0.05) is 27.7 Å². The van der Waals surface area contributed by atoms with Crippen molar-refractivity contribution in [3.8, 4) is 0 Å². The number of nitro benzene ring substituents is 1. The van der Waals surface area contributed by atoms with Crippen molar-refractivity contribution in [2.75, 3.05) is 11.9 Å². The number of benzene rings is 1. The molecule has 15 heteroatoms. The van der Waals surface area contributed by atoms with E-state index in [2.05, 4.69) is 26.6 Å². The van der Waals surface area contributed by atoms with Gasteiger partial charge in [0, 0.05) is 43.2 Å². The molecular weight excluding hydrogens is 574 g/mol. The van der Waals surface area contributed by atoms with Gasteiger partial charge in [0.1, 0.15) is 18.1 Å². The molecule has 0 aliphatic carbocycles. The summed E-state index contributed by atoms with van der Waals surface area (Å²) in [6.07, 6.45) is 0.108. The number of amides is 6. The maximum Gasteiger partial charge on any atom is 0.269 e. The highest BCUT2D eigenvalue weighted by Crippen LogP contribution is 2.17. The Balaban J connectivity index is 1.92. The van der Waals surface area contributed by atoms with Crippen LogP contribution in [0.2, 0.25) is 0 Å². The molecule has 15 nitrogen and oxygen atoms in total. The molecule has 2 rings (SSSR count). The lowest BCUT2D eigenvalue weighted by Gasteiger charge is -2.30. The van der Waals surface area contributed by atoms with Crippen molar-refractivity contribution in [2.24, 2.45) is 11.8 Å². The molecule has 1 heterocycles. The second-order valence-corrected chi connectivity index (χ2v) is 11.6. The fourth-order valence-corrected chi connectivity index (χ4v) is 4.40. The molecule has 5 atom stereocenters. The lowest BCUT2D eigenvalue weighted by Crippen LogP contribution is -2.58. The highest BCUT2D eigenvalue weighted by atomic mass is 16.6. The third-order valence-corrected chi connectivity index (χ3v) is 7.37. The Morgan fingerprint density at radius 3 is 1.84 bits per heavy atom. The van der Waals surface area contributed by atoms with E-state index in [-0.39, 0.29) is 36.9 Å². The quantitative estimate of drug-likeness (QED) is 0.107. The molecule has 6 amide bonds. The first-order valence-corrected chi connectivity index (χ1v) is 14.6. The topological polar surface area (TPSA) is 209 Å². The molecule has 0 saturated carbocycles. The van der Waals surface area contributed by atoms with Crippen molar-refractivity contribution in [3.05, 3.63) is 34.4 Å². The number of rotatable bonds is 15. The van der Waals surface area contributed by atoms with Crippen LogP contribution in [0.25, 0.3) is 0 Å². The van der Waals surface area contributed by atoms with Crippen molar-refractivity contribution in [1.82, 2.24) is 26.2 Å². The van der Waals surface area contributed by atoms with Crippen molar-refractivity contribution in [3.63, 3.8) is 0 Å². The monoisotopic (exact) mass is 617 g/mol. The van der Waals surface area contributed by atoms with Crippen LogP contribution in [0.15, 0.2) is 24.3 Å². The van der Waals surface area contributed by atoms with Gasteiger partial charge in [0.2, 0.25) is 35.4 Å². The highest BCUT2D eigenvalue weighted by Gasteiger charge is 2.38. The van der Waals surface area contributed by atoms with E-state index >= 15 is 0 Å². The van der Waals surface area contributed by atoms with Crippen LogP contribution in [0.1, 0.15) is 61.3 Å². The number of likely N-dealkylation sites (tertiary alicyclic amines) is 1. The average Bonchev–Trinajstić information content (AvgIpc) is 3.29. The Hall–Kier alpha value is -4.40. The van der Waals surface area contributed by atoms with Crippen molar-refractivity contribution < 1.29 is 33.7 Å². The first-order chi connectivity index (χ1) is 20.5. The Kier molecular flexibility index (Phi) is 12.9.